The van der Waals surface area contributed by atoms with Gasteiger partial charge in [0.05, 0.1) is 17.9 Å². The van der Waals surface area contributed by atoms with Gasteiger partial charge in [-0.05, 0) is 31.4 Å². The van der Waals surface area contributed by atoms with E-state index in [1.165, 1.54) is 12.8 Å². The largest absolute Gasteiger partial charge is 0.472 e. The third-order valence-electron chi connectivity index (χ3n) is 3.26. The highest BCUT2D eigenvalue weighted by Gasteiger charge is 2.27. The fraction of sp³-hybridized carbons (Fsp3) is 0.500. The van der Waals surface area contributed by atoms with Gasteiger partial charge in [-0.15, -0.1) is 0 Å². The van der Waals surface area contributed by atoms with Crippen molar-refractivity contribution in [2.45, 2.75) is 25.8 Å². The molecule has 0 spiro atoms. The van der Waals surface area contributed by atoms with Gasteiger partial charge in [0, 0.05) is 0 Å². The maximum atomic E-state index is 5.33. The van der Waals surface area contributed by atoms with E-state index in [2.05, 4.69) is 22.4 Å². The van der Waals surface area contributed by atoms with E-state index in [1.807, 2.05) is 6.07 Å². The fourth-order valence-corrected chi connectivity index (χ4v) is 2.25. The van der Waals surface area contributed by atoms with Gasteiger partial charge in [0.25, 0.3) is 0 Å². The van der Waals surface area contributed by atoms with Crippen LogP contribution >= 0.6 is 0 Å². The number of nitrogens with zero attached hydrogens (tertiary/aromatic N) is 2. The highest BCUT2D eigenvalue weighted by Crippen LogP contribution is 2.28. The molecule has 2 atom stereocenters. The Hall–Kier alpha value is -1.62. The van der Waals surface area contributed by atoms with Crippen LogP contribution in [0.25, 0.3) is 11.4 Å². The minimum absolute atomic E-state index is 0.178. The van der Waals surface area contributed by atoms with Gasteiger partial charge in [-0.3, -0.25) is 0 Å². The molecule has 0 aliphatic carbocycles. The lowest BCUT2D eigenvalue weighted by Gasteiger charge is -2.26. The first kappa shape index (κ1) is 10.5. The smallest absolute Gasteiger partial charge is 0.244 e. The second-order valence-electron chi connectivity index (χ2n) is 4.52. The van der Waals surface area contributed by atoms with Crippen molar-refractivity contribution in [1.29, 1.82) is 0 Å². The Labute approximate surface area is 99.2 Å². The summed E-state index contributed by atoms with van der Waals surface area (Å²) in [7, 11) is 0. The first-order valence-corrected chi connectivity index (χ1v) is 5.94. The highest BCUT2D eigenvalue weighted by molar-refractivity contribution is 5.51. The Morgan fingerprint density at radius 3 is 3.18 bits per heavy atom. The lowest BCUT2D eigenvalue weighted by Crippen LogP contribution is -2.33. The molecule has 2 aromatic rings. The van der Waals surface area contributed by atoms with E-state index in [0.717, 1.165) is 12.1 Å². The maximum absolute atomic E-state index is 5.33. The van der Waals surface area contributed by atoms with E-state index < -0.39 is 0 Å². The van der Waals surface area contributed by atoms with Gasteiger partial charge in [-0.1, -0.05) is 12.1 Å². The molecular formula is C12H15N3O2. The second kappa shape index (κ2) is 4.33. The van der Waals surface area contributed by atoms with Crippen molar-refractivity contribution in [1.82, 2.24) is 15.5 Å². The number of nitrogens with one attached hydrogen (secondary N) is 1. The molecule has 3 rings (SSSR count). The number of hydrogen-bond acceptors (Lipinski definition) is 5. The third-order valence-corrected chi connectivity index (χ3v) is 3.26. The molecular weight excluding hydrogens is 218 g/mol. The molecule has 17 heavy (non-hydrogen) atoms. The monoisotopic (exact) mass is 233 g/mol. The fourth-order valence-electron chi connectivity index (χ4n) is 2.25. The van der Waals surface area contributed by atoms with Crippen molar-refractivity contribution in [2.75, 3.05) is 6.54 Å². The number of piperidine rings is 1. The molecule has 0 radical (unpaired) electrons. The zero-order chi connectivity index (χ0) is 11.7. The zero-order valence-corrected chi connectivity index (χ0v) is 9.72. The number of rotatable bonds is 2. The Morgan fingerprint density at radius 2 is 2.41 bits per heavy atom. The summed E-state index contributed by atoms with van der Waals surface area (Å²) in [5, 5.41) is 7.41. The average Bonchev–Trinajstić information content (AvgIpc) is 3.00. The van der Waals surface area contributed by atoms with Gasteiger partial charge >= 0.3 is 0 Å². The molecule has 5 nitrogen and oxygen atoms in total. The minimum Gasteiger partial charge on any atom is -0.472 e. The van der Waals surface area contributed by atoms with E-state index in [1.54, 1.807) is 12.5 Å². The Bertz CT molecular complexity index is 478. The van der Waals surface area contributed by atoms with Crippen LogP contribution in [0.1, 0.15) is 31.7 Å². The van der Waals surface area contributed by atoms with Crippen molar-refractivity contribution in [3.8, 4) is 11.4 Å². The van der Waals surface area contributed by atoms with Gasteiger partial charge in [0.15, 0.2) is 0 Å². The molecule has 1 aliphatic heterocycles. The van der Waals surface area contributed by atoms with Gasteiger partial charge in [-0.2, -0.15) is 4.98 Å². The molecule has 0 saturated carbocycles. The lowest BCUT2D eigenvalue weighted by atomic mass is 9.93. The van der Waals surface area contributed by atoms with Crippen LogP contribution in [0.2, 0.25) is 0 Å². The van der Waals surface area contributed by atoms with Crippen LogP contribution in [0.5, 0.6) is 0 Å². The third kappa shape index (κ3) is 1.98. The minimum atomic E-state index is 0.178. The Kier molecular flexibility index (Phi) is 2.68. The molecule has 1 saturated heterocycles. The quantitative estimate of drug-likeness (QED) is 0.862. The van der Waals surface area contributed by atoms with Gasteiger partial charge in [0.1, 0.15) is 6.26 Å². The summed E-state index contributed by atoms with van der Waals surface area (Å²) in [5.41, 5.74) is 0.850. The van der Waals surface area contributed by atoms with Crippen LogP contribution in [-0.4, -0.2) is 16.7 Å². The number of aromatic nitrogens is 2. The maximum Gasteiger partial charge on any atom is 0.244 e. The molecule has 2 unspecified atom stereocenters. The van der Waals surface area contributed by atoms with Gasteiger partial charge in [0.2, 0.25) is 11.7 Å². The van der Waals surface area contributed by atoms with Crippen LogP contribution in [0, 0.1) is 5.92 Å². The van der Waals surface area contributed by atoms with Crippen molar-refractivity contribution in [3.63, 3.8) is 0 Å². The Balaban J connectivity index is 1.84. The van der Waals surface area contributed by atoms with Gasteiger partial charge in [-0.25, -0.2) is 0 Å². The van der Waals surface area contributed by atoms with E-state index >= 15 is 0 Å². The summed E-state index contributed by atoms with van der Waals surface area (Å²) in [6.07, 6.45) is 5.63. The summed E-state index contributed by atoms with van der Waals surface area (Å²) in [6.45, 7) is 3.22. The van der Waals surface area contributed by atoms with E-state index in [-0.39, 0.29) is 6.04 Å². The summed E-state index contributed by atoms with van der Waals surface area (Å²) in [5.74, 6) is 1.79. The molecule has 1 fully saturated rings. The summed E-state index contributed by atoms with van der Waals surface area (Å²) < 4.78 is 10.3. The average molecular weight is 233 g/mol. The molecule has 1 N–H and O–H groups in total. The molecule has 5 heteroatoms. The van der Waals surface area contributed by atoms with E-state index in [0.29, 0.717) is 17.6 Å². The van der Waals surface area contributed by atoms with Crippen LogP contribution in [0.15, 0.2) is 27.5 Å². The standard InChI is InChI=1S/C12H15N3O2/c1-8-3-2-5-13-10(8)12-14-11(15-17-12)9-4-6-16-7-9/h4,6-8,10,13H,2-3,5H2,1H3. The van der Waals surface area contributed by atoms with Crippen molar-refractivity contribution >= 4 is 0 Å². The number of hydrogen-bond donors (Lipinski definition) is 1. The van der Waals surface area contributed by atoms with E-state index in [4.69, 9.17) is 8.94 Å². The van der Waals surface area contributed by atoms with Crippen LogP contribution < -0.4 is 5.32 Å². The van der Waals surface area contributed by atoms with Crippen LogP contribution in [0.3, 0.4) is 0 Å². The van der Waals surface area contributed by atoms with Crippen LogP contribution in [-0.2, 0) is 0 Å². The summed E-state index contributed by atoms with van der Waals surface area (Å²) in [6, 6.07) is 2.00. The molecule has 2 aromatic heterocycles. The summed E-state index contributed by atoms with van der Waals surface area (Å²) in [4.78, 5) is 4.43. The first-order valence-electron chi connectivity index (χ1n) is 5.94. The lowest BCUT2D eigenvalue weighted by molar-refractivity contribution is 0.239. The van der Waals surface area contributed by atoms with Crippen molar-refractivity contribution < 1.29 is 8.94 Å². The normalized spacial score (nSPS) is 25.0. The molecule has 0 bridgehead atoms. The van der Waals surface area contributed by atoms with Crippen LogP contribution in [0.4, 0.5) is 0 Å². The Morgan fingerprint density at radius 1 is 1.47 bits per heavy atom. The van der Waals surface area contributed by atoms with Gasteiger partial charge < -0.3 is 14.3 Å². The predicted octanol–water partition coefficient (Wildman–Crippen LogP) is 2.39. The first-order chi connectivity index (χ1) is 8.34. The van der Waals surface area contributed by atoms with Crippen molar-refractivity contribution in [3.05, 3.63) is 24.5 Å². The molecule has 0 amide bonds. The molecule has 1 aliphatic rings. The molecule has 3 heterocycles. The number of furan rings is 1. The highest BCUT2D eigenvalue weighted by atomic mass is 16.5. The van der Waals surface area contributed by atoms with E-state index in [9.17, 15) is 0 Å². The topological polar surface area (TPSA) is 64.1 Å². The zero-order valence-electron chi connectivity index (χ0n) is 9.72. The summed E-state index contributed by atoms with van der Waals surface area (Å²) >= 11 is 0. The molecule has 90 valence electrons. The van der Waals surface area contributed by atoms with Crippen molar-refractivity contribution in [2.24, 2.45) is 5.92 Å². The SMILES string of the molecule is CC1CCCNC1c1nc(-c2ccoc2)no1. The second-order valence-corrected chi connectivity index (χ2v) is 4.52. The predicted molar refractivity (Wildman–Crippen MR) is 61.1 cm³/mol. The molecule has 0 aromatic carbocycles.